The Morgan fingerprint density at radius 3 is 2.65 bits per heavy atom. The van der Waals surface area contributed by atoms with Crippen LogP contribution < -0.4 is 9.47 Å². The molecule has 2 N–H and O–H groups in total. The van der Waals surface area contributed by atoms with Crippen molar-refractivity contribution in [3.05, 3.63) is 77.7 Å². The summed E-state index contributed by atoms with van der Waals surface area (Å²) in [5.41, 5.74) is -1.01. The van der Waals surface area contributed by atoms with Gasteiger partial charge < -0.3 is 24.6 Å². The number of benzene rings is 1. The van der Waals surface area contributed by atoms with Crippen LogP contribution in [0.3, 0.4) is 0 Å². The molecular formula is C27H29N3O4. The van der Waals surface area contributed by atoms with E-state index in [-0.39, 0.29) is 17.8 Å². The lowest BCUT2D eigenvalue weighted by Crippen LogP contribution is -2.58. The van der Waals surface area contributed by atoms with Crippen molar-refractivity contribution in [2.45, 2.75) is 29.6 Å². The summed E-state index contributed by atoms with van der Waals surface area (Å²) in [6.07, 6.45) is 8.08. The number of aromatic nitrogens is 1. The number of ether oxygens (including phenoxy) is 2. The first kappa shape index (κ1) is 22.6. The number of fused-ring (bicyclic) bond motifs is 3. The van der Waals surface area contributed by atoms with Crippen LogP contribution in [-0.2, 0) is 5.60 Å². The zero-order valence-electron chi connectivity index (χ0n) is 19.5. The van der Waals surface area contributed by atoms with Crippen LogP contribution in [-0.4, -0.2) is 59.6 Å². The summed E-state index contributed by atoms with van der Waals surface area (Å²) in [4.78, 5) is 6.28. The Morgan fingerprint density at radius 1 is 1.26 bits per heavy atom. The number of hydrogen-bond donors (Lipinski definition) is 2. The van der Waals surface area contributed by atoms with E-state index in [0.29, 0.717) is 35.6 Å². The second-order valence-electron chi connectivity index (χ2n) is 9.61. The number of nitriles is 1. The van der Waals surface area contributed by atoms with Crippen molar-refractivity contribution in [3.63, 3.8) is 0 Å². The normalized spacial score (nSPS) is 33.6. The smallest absolute Gasteiger partial charge is 0.164 e. The van der Waals surface area contributed by atoms with Crippen molar-refractivity contribution in [2.75, 3.05) is 27.7 Å². The Morgan fingerprint density at radius 2 is 2.03 bits per heavy atom. The summed E-state index contributed by atoms with van der Waals surface area (Å²) in [6, 6.07) is 12.1. The first-order valence-corrected chi connectivity index (χ1v) is 11.5. The minimum Gasteiger partial charge on any atom is -0.495 e. The first-order valence-electron chi connectivity index (χ1n) is 11.5. The second kappa shape index (κ2) is 8.24. The topological polar surface area (TPSA) is 98.8 Å². The molecule has 1 aliphatic heterocycles. The average molecular weight is 460 g/mol. The number of allylic oxidation sites excluding steroid dienone is 3. The third kappa shape index (κ3) is 2.96. The van der Waals surface area contributed by atoms with Crippen molar-refractivity contribution in [2.24, 2.45) is 11.8 Å². The lowest BCUT2D eigenvalue weighted by atomic mass is 9.65. The van der Waals surface area contributed by atoms with Crippen molar-refractivity contribution in [3.8, 4) is 17.6 Å². The molecule has 2 aromatic rings. The maximum atomic E-state index is 12.7. The molecular weight excluding hydrogens is 430 g/mol. The highest BCUT2D eigenvalue weighted by Crippen LogP contribution is 2.68. The number of pyridine rings is 1. The number of hydrogen-bond acceptors (Lipinski definition) is 7. The molecule has 0 bridgehead atoms. The molecule has 2 aliphatic carbocycles. The van der Waals surface area contributed by atoms with Crippen LogP contribution in [0.25, 0.3) is 0 Å². The van der Waals surface area contributed by atoms with E-state index < -0.39 is 17.3 Å². The number of rotatable bonds is 5. The quantitative estimate of drug-likeness (QED) is 0.709. The summed E-state index contributed by atoms with van der Waals surface area (Å²) >= 11 is 0. The highest BCUT2D eigenvalue weighted by atomic mass is 16.5. The Hall–Kier alpha value is -3.18. The van der Waals surface area contributed by atoms with Crippen LogP contribution in [0, 0.1) is 23.2 Å². The van der Waals surface area contributed by atoms with Gasteiger partial charge in [-0.3, -0.25) is 4.98 Å². The molecule has 7 heteroatoms. The molecule has 0 amide bonds. The van der Waals surface area contributed by atoms with E-state index in [1.807, 2.05) is 61.5 Å². The summed E-state index contributed by atoms with van der Waals surface area (Å²) in [5.74, 6) is -0.193. The second-order valence-corrected chi connectivity index (χ2v) is 9.61. The van der Waals surface area contributed by atoms with Crippen LogP contribution in [0.1, 0.15) is 23.5 Å². The fourth-order valence-electron chi connectivity index (χ4n) is 6.37. The maximum absolute atomic E-state index is 12.7. The summed E-state index contributed by atoms with van der Waals surface area (Å²) in [6.45, 7) is 0.548. The number of nitrogens with zero attached hydrogens (tertiary/aromatic N) is 3. The zero-order chi connectivity index (χ0) is 24.1. The first-order chi connectivity index (χ1) is 16.4. The molecule has 3 aliphatic rings. The number of methoxy groups -OCH3 is 1. The van der Waals surface area contributed by atoms with Gasteiger partial charge in [0, 0.05) is 29.9 Å². The third-order valence-electron chi connectivity index (χ3n) is 7.59. The molecule has 1 aromatic carbocycles. The molecule has 1 aromatic heterocycles. The zero-order valence-corrected chi connectivity index (χ0v) is 19.5. The Kier molecular flexibility index (Phi) is 5.48. The fourth-order valence-corrected chi connectivity index (χ4v) is 6.37. The predicted molar refractivity (Wildman–Crippen MR) is 126 cm³/mol. The van der Waals surface area contributed by atoms with Crippen LogP contribution in [0.15, 0.2) is 66.5 Å². The lowest BCUT2D eigenvalue weighted by molar-refractivity contribution is -0.163. The highest BCUT2D eigenvalue weighted by molar-refractivity contribution is 5.58. The molecule has 5 rings (SSSR count). The Balaban J connectivity index is 1.79. The van der Waals surface area contributed by atoms with E-state index in [1.165, 1.54) is 7.11 Å². The van der Waals surface area contributed by atoms with Gasteiger partial charge in [-0.15, -0.1) is 0 Å². The molecule has 1 saturated carbocycles. The highest BCUT2D eigenvalue weighted by Gasteiger charge is 2.77. The van der Waals surface area contributed by atoms with Crippen molar-refractivity contribution < 1.29 is 19.7 Å². The van der Waals surface area contributed by atoms with E-state index in [4.69, 9.17) is 9.47 Å². The van der Waals surface area contributed by atoms with Crippen LogP contribution in [0.4, 0.5) is 0 Å². The summed E-state index contributed by atoms with van der Waals surface area (Å²) in [7, 11) is 5.44. The number of aliphatic hydroxyl groups is 2. The van der Waals surface area contributed by atoms with Gasteiger partial charge in [0.15, 0.2) is 11.2 Å². The Labute approximate surface area is 199 Å². The lowest BCUT2D eigenvalue weighted by Gasteiger charge is -2.45. The van der Waals surface area contributed by atoms with Gasteiger partial charge in [0.25, 0.3) is 0 Å². The molecule has 34 heavy (non-hydrogen) atoms. The van der Waals surface area contributed by atoms with Crippen LogP contribution in [0.2, 0.25) is 0 Å². The maximum Gasteiger partial charge on any atom is 0.164 e. The minimum atomic E-state index is -1.76. The van der Waals surface area contributed by atoms with Gasteiger partial charge in [0.05, 0.1) is 37.2 Å². The summed E-state index contributed by atoms with van der Waals surface area (Å²) in [5, 5.41) is 34.0. The van der Waals surface area contributed by atoms with Gasteiger partial charge in [-0.05, 0) is 32.2 Å². The van der Waals surface area contributed by atoms with Gasteiger partial charge in [-0.1, -0.05) is 42.5 Å². The number of aliphatic hydroxyl groups excluding tert-OH is 1. The molecule has 0 spiro atoms. The van der Waals surface area contributed by atoms with Crippen molar-refractivity contribution in [1.82, 2.24) is 9.88 Å². The molecule has 0 radical (unpaired) electrons. The molecule has 7 nitrogen and oxygen atoms in total. The Bertz CT molecular complexity index is 1190. The van der Waals surface area contributed by atoms with E-state index >= 15 is 0 Å². The van der Waals surface area contributed by atoms with E-state index in [0.717, 1.165) is 5.56 Å². The molecule has 2 heterocycles. The molecule has 0 saturated heterocycles. The predicted octanol–water partition coefficient (Wildman–Crippen LogP) is 2.77. The van der Waals surface area contributed by atoms with Crippen molar-refractivity contribution >= 4 is 0 Å². The van der Waals surface area contributed by atoms with Crippen LogP contribution >= 0.6 is 0 Å². The van der Waals surface area contributed by atoms with E-state index in [9.17, 15) is 15.5 Å². The average Bonchev–Trinajstić information content (AvgIpc) is 3.23. The standard InChI is InChI=1S/C27H29N3O4/c1-30(2)16-20-23(18-7-5-4-6-8-18)27(19-11-9-17(13-28)10-12-19)26(32,25(20)31)24-21(33-3)14-29-15-22(24)34-27/h4-11,14-15,19-20,23,25,31-32H,12,16H2,1-3H3/t19?,20-,23-,25-,26+,27+/m1/s1. The van der Waals surface area contributed by atoms with Gasteiger partial charge in [0.2, 0.25) is 0 Å². The fraction of sp³-hybridized carbons (Fsp3) is 0.407. The molecule has 6 atom stereocenters. The van der Waals surface area contributed by atoms with Gasteiger partial charge in [0.1, 0.15) is 11.5 Å². The largest absolute Gasteiger partial charge is 0.495 e. The van der Waals surface area contributed by atoms with Crippen LogP contribution in [0.5, 0.6) is 11.5 Å². The molecule has 176 valence electrons. The molecule has 1 fully saturated rings. The van der Waals surface area contributed by atoms with E-state index in [1.54, 1.807) is 18.5 Å². The minimum absolute atomic E-state index is 0.307. The van der Waals surface area contributed by atoms with Gasteiger partial charge in [-0.25, -0.2) is 0 Å². The third-order valence-corrected chi connectivity index (χ3v) is 7.59. The monoisotopic (exact) mass is 459 g/mol. The SMILES string of the molecule is COc1cncc2c1[C@]1(O)[C@H](O)[C@H](CN(C)C)[C@@H](c3ccccc3)[C@]1(C1C=CC(C#N)=CC1)O2. The molecule has 1 unspecified atom stereocenters. The van der Waals surface area contributed by atoms with Crippen molar-refractivity contribution in [1.29, 1.82) is 5.26 Å². The van der Waals surface area contributed by atoms with E-state index in [2.05, 4.69) is 11.1 Å². The summed E-state index contributed by atoms with van der Waals surface area (Å²) < 4.78 is 12.4. The van der Waals surface area contributed by atoms with Gasteiger partial charge in [-0.2, -0.15) is 5.26 Å². The van der Waals surface area contributed by atoms with Gasteiger partial charge >= 0.3 is 0 Å².